The minimum absolute atomic E-state index is 0.169. The van der Waals surface area contributed by atoms with E-state index < -0.39 is 5.82 Å². The number of hydrogen-bond acceptors (Lipinski definition) is 2. The first-order chi connectivity index (χ1) is 9.69. The van der Waals surface area contributed by atoms with Gasteiger partial charge >= 0.3 is 0 Å². The van der Waals surface area contributed by atoms with Gasteiger partial charge in [0.25, 0.3) is 0 Å². The monoisotopic (exact) mass is 273 g/mol. The van der Waals surface area contributed by atoms with E-state index in [9.17, 15) is 9.18 Å². The fourth-order valence-electron chi connectivity index (χ4n) is 1.89. The molecule has 1 N–H and O–H groups in total. The normalized spacial score (nSPS) is 10.1. The van der Waals surface area contributed by atoms with Crippen LogP contribution in [-0.4, -0.2) is 13.0 Å². The van der Waals surface area contributed by atoms with Crippen molar-refractivity contribution in [3.05, 3.63) is 59.9 Å². The van der Waals surface area contributed by atoms with Gasteiger partial charge in [-0.05, 0) is 24.1 Å². The van der Waals surface area contributed by atoms with E-state index in [0.717, 1.165) is 5.56 Å². The first kappa shape index (κ1) is 14.1. The van der Waals surface area contributed by atoms with E-state index in [1.807, 2.05) is 30.3 Å². The third kappa shape index (κ3) is 3.82. The van der Waals surface area contributed by atoms with Crippen LogP contribution in [-0.2, 0) is 11.2 Å². The van der Waals surface area contributed by atoms with Crippen LogP contribution >= 0.6 is 0 Å². The van der Waals surface area contributed by atoms with Crippen molar-refractivity contribution >= 4 is 11.6 Å². The summed E-state index contributed by atoms with van der Waals surface area (Å²) in [5.41, 5.74) is 1.44. The summed E-state index contributed by atoms with van der Waals surface area (Å²) in [7, 11) is 1.48. The first-order valence-electron chi connectivity index (χ1n) is 6.36. The number of anilines is 1. The smallest absolute Gasteiger partial charge is 0.224 e. The van der Waals surface area contributed by atoms with Crippen molar-refractivity contribution in [3.8, 4) is 5.75 Å². The second-order valence-electron chi connectivity index (χ2n) is 4.38. The van der Waals surface area contributed by atoms with E-state index >= 15 is 0 Å². The van der Waals surface area contributed by atoms with Crippen LogP contribution in [0.2, 0.25) is 0 Å². The van der Waals surface area contributed by atoms with Gasteiger partial charge < -0.3 is 10.1 Å². The Hall–Kier alpha value is -2.36. The number of methoxy groups -OCH3 is 1. The number of rotatable bonds is 5. The number of carbonyl (C=O) groups is 1. The molecule has 0 bridgehead atoms. The first-order valence-corrected chi connectivity index (χ1v) is 6.36. The van der Waals surface area contributed by atoms with Gasteiger partial charge in [0.1, 0.15) is 11.6 Å². The van der Waals surface area contributed by atoms with Gasteiger partial charge in [-0.1, -0.05) is 30.3 Å². The molecule has 4 heteroatoms. The van der Waals surface area contributed by atoms with E-state index in [-0.39, 0.29) is 5.91 Å². The number of benzene rings is 2. The Morgan fingerprint density at radius 2 is 1.95 bits per heavy atom. The maximum absolute atomic E-state index is 13.2. The summed E-state index contributed by atoms with van der Waals surface area (Å²) in [5.74, 6) is -0.138. The fraction of sp³-hybridized carbons (Fsp3) is 0.188. The predicted molar refractivity (Wildman–Crippen MR) is 76.3 cm³/mol. The quantitative estimate of drug-likeness (QED) is 0.906. The van der Waals surface area contributed by atoms with Crippen LogP contribution in [0.15, 0.2) is 48.5 Å². The molecular weight excluding hydrogens is 257 g/mol. The lowest BCUT2D eigenvalue weighted by Crippen LogP contribution is -2.13. The van der Waals surface area contributed by atoms with Crippen molar-refractivity contribution in [3.63, 3.8) is 0 Å². The molecule has 0 saturated carbocycles. The molecule has 0 unspecified atom stereocenters. The van der Waals surface area contributed by atoms with Gasteiger partial charge in [-0.3, -0.25) is 4.79 Å². The number of hydrogen-bond donors (Lipinski definition) is 1. The molecule has 0 atom stereocenters. The standard InChI is InChI=1S/C16H16FNO2/c1-20-15-9-8-13(17)11-14(15)18-16(19)10-7-12-5-3-2-4-6-12/h2-6,8-9,11H,7,10H2,1H3,(H,18,19). The minimum Gasteiger partial charge on any atom is -0.495 e. The van der Waals surface area contributed by atoms with Crippen LogP contribution in [0, 0.1) is 5.82 Å². The van der Waals surface area contributed by atoms with Gasteiger partial charge in [-0.15, -0.1) is 0 Å². The van der Waals surface area contributed by atoms with E-state index in [1.54, 1.807) is 0 Å². The summed E-state index contributed by atoms with van der Waals surface area (Å²) in [6.07, 6.45) is 0.980. The van der Waals surface area contributed by atoms with Crippen LogP contribution in [0.5, 0.6) is 5.75 Å². The Labute approximate surface area is 117 Å². The van der Waals surface area contributed by atoms with Gasteiger partial charge in [0.05, 0.1) is 12.8 Å². The van der Waals surface area contributed by atoms with Gasteiger partial charge in [0, 0.05) is 12.5 Å². The molecule has 2 aromatic carbocycles. The van der Waals surface area contributed by atoms with Gasteiger partial charge in [-0.2, -0.15) is 0 Å². The minimum atomic E-state index is -0.413. The summed E-state index contributed by atoms with van der Waals surface area (Å²) < 4.78 is 18.3. The molecule has 20 heavy (non-hydrogen) atoms. The maximum atomic E-state index is 13.2. The van der Waals surface area contributed by atoms with Crippen molar-refractivity contribution < 1.29 is 13.9 Å². The van der Waals surface area contributed by atoms with E-state index in [1.165, 1.54) is 25.3 Å². The third-order valence-electron chi connectivity index (χ3n) is 2.92. The SMILES string of the molecule is COc1ccc(F)cc1NC(=O)CCc1ccccc1. The number of carbonyl (C=O) groups excluding carboxylic acids is 1. The fourth-order valence-corrected chi connectivity index (χ4v) is 1.89. The van der Waals surface area contributed by atoms with E-state index in [0.29, 0.717) is 24.3 Å². The van der Waals surface area contributed by atoms with Crippen molar-refractivity contribution in [2.75, 3.05) is 12.4 Å². The summed E-state index contributed by atoms with van der Waals surface area (Å²) in [6.45, 7) is 0. The number of ether oxygens (including phenoxy) is 1. The summed E-state index contributed by atoms with van der Waals surface area (Å²) in [5, 5.41) is 2.67. The van der Waals surface area contributed by atoms with Gasteiger partial charge in [0.2, 0.25) is 5.91 Å². The number of aryl methyl sites for hydroxylation is 1. The van der Waals surface area contributed by atoms with Crippen LogP contribution in [0.3, 0.4) is 0 Å². The molecule has 104 valence electrons. The molecule has 0 aliphatic heterocycles. The molecule has 1 amide bonds. The average molecular weight is 273 g/mol. The molecule has 0 spiro atoms. The molecular formula is C16H16FNO2. The predicted octanol–water partition coefficient (Wildman–Crippen LogP) is 3.41. The average Bonchev–Trinajstić information content (AvgIpc) is 2.46. The molecule has 2 rings (SSSR count). The lowest BCUT2D eigenvalue weighted by atomic mass is 10.1. The number of halogens is 1. The molecule has 0 radical (unpaired) electrons. The molecule has 0 fully saturated rings. The van der Waals surface area contributed by atoms with Crippen LogP contribution in [0.4, 0.5) is 10.1 Å². The summed E-state index contributed by atoms with van der Waals surface area (Å²) in [4.78, 5) is 11.9. The zero-order valence-corrected chi connectivity index (χ0v) is 11.2. The molecule has 2 aromatic rings. The van der Waals surface area contributed by atoms with Gasteiger partial charge in [0.15, 0.2) is 0 Å². The molecule has 0 aromatic heterocycles. The molecule has 0 aliphatic carbocycles. The van der Waals surface area contributed by atoms with Crippen molar-refractivity contribution in [1.29, 1.82) is 0 Å². The highest BCUT2D eigenvalue weighted by Gasteiger charge is 2.08. The Balaban J connectivity index is 1.96. The second kappa shape index (κ2) is 6.70. The second-order valence-corrected chi connectivity index (χ2v) is 4.38. The van der Waals surface area contributed by atoms with Crippen LogP contribution < -0.4 is 10.1 Å². The number of amides is 1. The Morgan fingerprint density at radius 1 is 1.20 bits per heavy atom. The summed E-state index contributed by atoms with van der Waals surface area (Å²) in [6, 6.07) is 13.8. The highest BCUT2D eigenvalue weighted by Crippen LogP contribution is 2.25. The summed E-state index contributed by atoms with van der Waals surface area (Å²) >= 11 is 0. The maximum Gasteiger partial charge on any atom is 0.224 e. The molecule has 3 nitrogen and oxygen atoms in total. The highest BCUT2D eigenvalue weighted by atomic mass is 19.1. The van der Waals surface area contributed by atoms with E-state index in [2.05, 4.69) is 5.32 Å². The lowest BCUT2D eigenvalue weighted by Gasteiger charge is -2.10. The van der Waals surface area contributed by atoms with Crippen molar-refractivity contribution in [1.82, 2.24) is 0 Å². The van der Waals surface area contributed by atoms with Crippen molar-refractivity contribution in [2.45, 2.75) is 12.8 Å². The third-order valence-corrected chi connectivity index (χ3v) is 2.92. The Bertz CT molecular complexity index is 584. The zero-order chi connectivity index (χ0) is 14.4. The largest absolute Gasteiger partial charge is 0.495 e. The Kier molecular flexibility index (Phi) is 4.71. The van der Waals surface area contributed by atoms with E-state index in [4.69, 9.17) is 4.74 Å². The number of nitrogens with one attached hydrogen (secondary N) is 1. The van der Waals surface area contributed by atoms with Crippen LogP contribution in [0.1, 0.15) is 12.0 Å². The lowest BCUT2D eigenvalue weighted by molar-refractivity contribution is -0.116. The molecule has 0 aliphatic rings. The van der Waals surface area contributed by atoms with Crippen molar-refractivity contribution in [2.24, 2.45) is 0 Å². The molecule has 0 heterocycles. The topological polar surface area (TPSA) is 38.3 Å². The molecule has 0 saturated heterocycles. The zero-order valence-electron chi connectivity index (χ0n) is 11.2. The van der Waals surface area contributed by atoms with Gasteiger partial charge in [-0.25, -0.2) is 4.39 Å². The van der Waals surface area contributed by atoms with Crippen LogP contribution in [0.25, 0.3) is 0 Å². The highest BCUT2D eigenvalue weighted by molar-refractivity contribution is 5.92. The Morgan fingerprint density at radius 3 is 2.65 bits per heavy atom.